The van der Waals surface area contributed by atoms with E-state index in [9.17, 15) is 0 Å². The zero-order valence-electron chi connectivity index (χ0n) is 12.0. The van der Waals surface area contributed by atoms with Gasteiger partial charge in [-0.2, -0.15) is 0 Å². The Kier molecular flexibility index (Phi) is 17.0. The monoisotopic (exact) mass is 354 g/mol. The minimum absolute atomic E-state index is 0.229. The third kappa shape index (κ3) is 16.5. The quantitative estimate of drug-likeness (QED) is 0.284. The first kappa shape index (κ1) is 17.5. The molecule has 0 aromatic rings. The molecule has 0 bridgehead atoms. The Hall–Kier alpha value is 0.530. The van der Waals surface area contributed by atoms with Crippen LogP contribution in [-0.2, 0) is 0 Å². The molecular weight excluding hydrogens is 320 g/mol. The Morgan fingerprint density at radius 3 is 1.94 bits per heavy atom. The van der Waals surface area contributed by atoms with Gasteiger partial charge in [-0.15, -0.1) is 0 Å². The van der Waals surface area contributed by atoms with Gasteiger partial charge in [-0.1, -0.05) is 0 Å². The average Bonchev–Trinajstić information content (AvgIpc) is 2.35. The normalized spacial score (nSPS) is 11.4. The van der Waals surface area contributed by atoms with Gasteiger partial charge in [0.2, 0.25) is 0 Å². The molecule has 0 saturated carbocycles. The van der Waals surface area contributed by atoms with Crippen molar-refractivity contribution in [3.8, 4) is 0 Å². The molecule has 102 valence electrons. The molecule has 0 aliphatic rings. The van der Waals surface area contributed by atoms with Gasteiger partial charge in [-0.25, -0.2) is 0 Å². The van der Waals surface area contributed by atoms with E-state index < -0.39 is 0 Å². The van der Waals surface area contributed by atoms with Crippen LogP contribution in [0.1, 0.15) is 84.5 Å². The van der Waals surface area contributed by atoms with Crippen molar-refractivity contribution in [3.63, 3.8) is 0 Å². The molecule has 0 aromatic heterocycles. The predicted octanol–water partition coefficient (Wildman–Crippen LogP) is 5.95. The Balaban J connectivity index is 2.96. The van der Waals surface area contributed by atoms with Crippen LogP contribution in [0.4, 0.5) is 0 Å². The fraction of sp³-hybridized carbons (Fsp3) is 0.875. The molecule has 0 radical (unpaired) electrons. The van der Waals surface area contributed by atoms with Crippen LogP contribution in [0.15, 0.2) is 10.2 Å². The third-order valence-electron chi connectivity index (χ3n) is 3.03. The predicted molar refractivity (Wildman–Crippen MR) is 81.8 cm³/mol. The number of hydrogen-bond acceptors (Lipinski definition) is 0. The fourth-order valence-corrected chi connectivity index (χ4v) is 4.07. The summed E-state index contributed by atoms with van der Waals surface area (Å²) in [5.41, 5.74) is 0. The van der Waals surface area contributed by atoms with E-state index in [-0.39, 0.29) is 20.9 Å². The van der Waals surface area contributed by atoms with E-state index in [1.54, 1.807) is 0 Å². The summed E-state index contributed by atoms with van der Waals surface area (Å²) in [6.07, 6.45) is 18.1. The summed E-state index contributed by atoms with van der Waals surface area (Å²) in [6.45, 7) is 4.56. The number of allylic oxidation sites excluding steroid dienone is 1. The first-order valence-electron chi connectivity index (χ1n) is 7.68. The first-order valence-corrected chi connectivity index (χ1v) is 10.7. The van der Waals surface area contributed by atoms with E-state index >= 15 is 0 Å². The van der Waals surface area contributed by atoms with Gasteiger partial charge < -0.3 is 0 Å². The molecule has 0 saturated heterocycles. The van der Waals surface area contributed by atoms with Crippen molar-refractivity contribution >= 4 is 20.9 Å². The maximum atomic E-state index is 2.52. The van der Waals surface area contributed by atoms with Gasteiger partial charge in [0, 0.05) is 0 Å². The van der Waals surface area contributed by atoms with Crippen LogP contribution in [0.3, 0.4) is 0 Å². The van der Waals surface area contributed by atoms with Crippen LogP contribution < -0.4 is 0 Å². The van der Waals surface area contributed by atoms with Crippen molar-refractivity contribution in [3.05, 3.63) is 10.2 Å². The van der Waals surface area contributed by atoms with Crippen LogP contribution in [0, 0.1) is 0 Å². The van der Waals surface area contributed by atoms with Gasteiger partial charge in [0.25, 0.3) is 0 Å². The molecule has 17 heavy (non-hydrogen) atoms. The molecule has 0 aromatic carbocycles. The van der Waals surface area contributed by atoms with E-state index in [1.165, 1.54) is 75.1 Å². The molecule has 0 rings (SSSR count). The van der Waals surface area contributed by atoms with Crippen molar-refractivity contribution < 1.29 is 0 Å². The molecule has 0 N–H and O–H groups in total. The van der Waals surface area contributed by atoms with Crippen LogP contribution in [0.2, 0.25) is 4.47 Å². The molecule has 0 aliphatic carbocycles. The summed E-state index contributed by atoms with van der Waals surface area (Å²) >= 11 is 0.229. The molecular formula is C16H32Te. The van der Waals surface area contributed by atoms with Gasteiger partial charge in [-0.05, 0) is 0 Å². The standard InChI is InChI=1S/C16H32Te/c1-3-5-7-9-10-11-12-14-16-17-15-13-8-6-4-2/h13,15H,3-12,14,16H2,1-2H3/b15-13-. The van der Waals surface area contributed by atoms with Crippen molar-refractivity contribution in [1.29, 1.82) is 0 Å². The molecule has 0 fully saturated rings. The minimum atomic E-state index is 0.229. The van der Waals surface area contributed by atoms with Crippen LogP contribution in [0.5, 0.6) is 0 Å². The second-order valence-corrected chi connectivity index (χ2v) is 7.75. The van der Waals surface area contributed by atoms with E-state index in [4.69, 9.17) is 0 Å². The van der Waals surface area contributed by atoms with Crippen LogP contribution in [0.25, 0.3) is 0 Å². The van der Waals surface area contributed by atoms with E-state index in [0.29, 0.717) is 0 Å². The van der Waals surface area contributed by atoms with Gasteiger partial charge in [0.05, 0.1) is 0 Å². The van der Waals surface area contributed by atoms with E-state index in [0.717, 1.165) is 0 Å². The van der Waals surface area contributed by atoms with Gasteiger partial charge in [-0.3, -0.25) is 0 Å². The molecule has 0 nitrogen and oxygen atoms in total. The fourth-order valence-electron chi connectivity index (χ4n) is 1.85. The van der Waals surface area contributed by atoms with Crippen LogP contribution in [-0.4, -0.2) is 20.9 Å². The second kappa shape index (κ2) is 16.5. The summed E-state index contributed by atoms with van der Waals surface area (Å²) < 4.78 is 4.05. The summed E-state index contributed by atoms with van der Waals surface area (Å²) in [7, 11) is 0. The van der Waals surface area contributed by atoms with Crippen molar-refractivity contribution in [2.75, 3.05) is 0 Å². The number of rotatable bonds is 13. The molecule has 0 atom stereocenters. The summed E-state index contributed by atoms with van der Waals surface area (Å²) in [4.78, 5) is 0. The van der Waals surface area contributed by atoms with Crippen molar-refractivity contribution in [2.45, 2.75) is 88.9 Å². The number of hydrogen-bond donors (Lipinski definition) is 0. The Morgan fingerprint density at radius 1 is 0.706 bits per heavy atom. The van der Waals surface area contributed by atoms with E-state index in [2.05, 4.69) is 24.0 Å². The van der Waals surface area contributed by atoms with Crippen molar-refractivity contribution in [1.82, 2.24) is 0 Å². The van der Waals surface area contributed by atoms with Crippen LogP contribution >= 0.6 is 0 Å². The van der Waals surface area contributed by atoms with Gasteiger partial charge >= 0.3 is 120 Å². The van der Waals surface area contributed by atoms with Crippen molar-refractivity contribution in [2.24, 2.45) is 0 Å². The molecule has 0 aliphatic heterocycles. The molecule has 0 unspecified atom stereocenters. The summed E-state index contributed by atoms with van der Waals surface area (Å²) in [5.74, 6) is 0. The van der Waals surface area contributed by atoms with Gasteiger partial charge in [0.1, 0.15) is 0 Å². The Bertz CT molecular complexity index is 152. The maximum absolute atomic E-state index is 2.52. The number of unbranched alkanes of at least 4 members (excludes halogenated alkanes) is 9. The molecule has 1 heteroatoms. The topological polar surface area (TPSA) is 0 Å². The third-order valence-corrected chi connectivity index (χ3v) is 5.63. The summed E-state index contributed by atoms with van der Waals surface area (Å²) in [5, 5.41) is 0. The van der Waals surface area contributed by atoms with E-state index in [1.807, 2.05) is 0 Å². The Morgan fingerprint density at radius 2 is 1.29 bits per heavy atom. The summed E-state index contributed by atoms with van der Waals surface area (Å²) in [6, 6.07) is 0. The SMILES string of the molecule is CCCC/C=C\[Te]CCCCCCCCCC. The zero-order chi connectivity index (χ0) is 12.6. The zero-order valence-corrected chi connectivity index (χ0v) is 14.4. The Labute approximate surface area is 120 Å². The first-order chi connectivity index (χ1) is 8.41. The molecule has 0 spiro atoms. The molecule has 0 amide bonds. The average molecular weight is 352 g/mol. The second-order valence-electron chi connectivity index (χ2n) is 4.86. The molecule has 0 heterocycles. The van der Waals surface area contributed by atoms with Gasteiger partial charge in [0.15, 0.2) is 0 Å².